The van der Waals surface area contributed by atoms with Gasteiger partial charge in [-0.05, 0) is 36.2 Å². The van der Waals surface area contributed by atoms with Gasteiger partial charge in [-0.25, -0.2) is 0 Å². The molecule has 2 heterocycles. The fraction of sp³-hybridized carbons (Fsp3) is 0.737. The van der Waals surface area contributed by atoms with Crippen LogP contribution in [0.3, 0.4) is 0 Å². The van der Waals surface area contributed by atoms with Gasteiger partial charge in [-0.3, -0.25) is 4.99 Å². The second kappa shape index (κ2) is 6.37. The quantitative estimate of drug-likeness (QED) is 0.655. The molecule has 0 saturated carbocycles. The van der Waals surface area contributed by atoms with Crippen LogP contribution in [-0.4, -0.2) is 12.3 Å². The van der Waals surface area contributed by atoms with E-state index in [9.17, 15) is 0 Å². The first kappa shape index (κ1) is 16.3. The average molecular weight is 289 g/mol. The number of aliphatic imine (C=N–C) groups is 1. The third-order valence-electron chi connectivity index (χ3n) is 4.01. The molecular formula is C19H31NO. The maximum Gasteiger partial charge on any atom is 0.124 e. The lowest BCUT2D eigenvalue weighted by Crippen LogP contribution is -2.10. The summed E-state index contributed by atoms with van der Waals surface area (Å²) < 4.78 is 6.05. The van der Waals surface area contributed by atoms with Crippen molar-refractivity contribution >= 4 is 5.71 Å². The Bertz CT molecular complexity index is 486. The van der Waals surface area contributed by atoms with E-state index in [-0.39, 0.29) is 0 Å². The van der Waals surface area contributed by atoms with Gasteiger partial charge in [-0.2, -0.15) is 0 Å². The molecule has 2 aliphatic rings. The summed E-state index contributed by atoms with van der Waals surface area (Å²) in [5, 5.41) is 0. The Hall–Kier alpha value is -1.05. The predicted molar refractivity (Wildman–Crippen MR) is 90.5 cm³/mol. The van der Waals surface area contributed by atoms with Crippen molar-refractivity contribution in [2.45, 2.75) is 73.6 Å². The smallest absolute Gasteiger partial charge is 0.124 e. The summed E-state index contributed by atoms with van der Waals surface area (Å²) in [7, 11) is 0. The third-order valence-corrected chi connectivity index (χ3v) is 4.01. The molecule has 1 saturated heterocycles. The zero-order valence-electron chi connectivity index (χ0n) is 14.7. The highest BCUT2D eigenvalue weighted by Gasteiger charge is 2.28. The second-order valence-electron chi connectivity index (χ2n) is 8.00. The first-order valence-electron chi connectivity index (χ1n) is 8.43. The van der Waals surface area contributed by atoms with Crippen molar-refractivity contribution in [3.63, 3.8) is 0 Å². The van der Waals surface area contributed by atoms with Gasteiger partial charge in [-0.15, -0.1) is 0 Å². The van der Waals surface area contributed by atoms with E-state index in [1.807, 2.05) is 0 Å². The number of rotatable bonds is 4. The van der Waals surface area contributed by atoms with Crippen LogP contribution in [0.1, 0.15) is 73.6 Å². The summed E-state index contributed by atoms with van der Waals surface area (Å²) in [4.78, 5) is 5.03. The highest BCUT2D eigenvalue weighted by molar-refractivity contribution is 5.88. The number of nitrogens with zero attached hydrogens (tertiary/aromatic N) is 1. The standard InChI is InChI=1S/C19H31NO/c1-7-15-11-14(12-19(4,5)6)18-16(8-9-21-18)17(20-15)10-13(2)3/h13H,7-12H2,1-6H3. The van der Waals surface area contributed by atoms with Crippen LogP contribution in [0.15, 0.2) is 27.6 Å². The number of allylic oxidation sites excluding steroid dienone is 3. The van der Waals surface area contributed by atoms with Gasteiger partial charge in [0.15, 0.2) is 0 Å². The van der Waals surface area contributed by atoms with E-state index in [1.54, 1.807) is 0 Å². The molecule has 0 aromatic heterocycles. The van der Waals surface area contributed by atoms with E-state index < -0.39 is 0 Å². The molecular weight excluding hydrogens is 258 g/mol. The Morgan fingerprint density at radius 3 is 2.52 bits per heavy atom. The van der Waals surface area contributed by atoms with Gasteiger partial charge in [0, 0.05) is 29.8 Å². The summed E-state index contributed by atoms with van der Waals surface area (Å²) in [6.45, 7) is 14.5. The lowest BCUT2D eigenvalue weighted by molar-refractivity contribution is 0.256. The minimum atomic E-state index is 0.292. The molecule has 0 aromatic rings. The van der Waals surface area contributed by atoms with E-state index in [2.05, 4.69) is 41.5 Å². The Kier molecular flexibility index (Phi) is 4.95. The van der Waals surface area contributed by atoms with Crippen LogP contribution < -0.4 is 0 Å². The molecule has 0 aromatic carbocycles. The second-order valence-corrected chi connectivity index (χ2v) is 8.00. The van der Waals surface area contributed by atoms with E-state index in [4.69, 9.17) is 9.73 Å². The van der Waals surface area contributed by atoms with Crippen LogP contribution >= 0.6 is 0 Å². The van der Waals surface area contributed by atoms with Crippen LogP contribution in [0.25, 0.3) is 0 Å². The van der Waals surface area contributed by atoms with Gasteiger partial charge >= 0.3 is 0 Å². The van der Waals surface area contributed by atoms with Crippen molar-refractivity contribution in [2.24, 2.45) is 16.3 Å². The molecule has 0 unspecified atom stereocenters. The van der Waals surface area contributed by atoms with E-state index in [0.717, 1.165) is 38.7 Å². The SMILES string of the molecule is CCC1=NC(CC(C)C)=C2CCOC2=C(CC(C)(C)C)C1. The third kappa shape index (κ3) is 4.21. The lowest BCUT2D eigenvalue weighted by Gasteiger charge is -2.21. The van der Waals surface area contributed by atoms with E-state index >= 15 is 0 Å². The molecule has 0 bridgehead atoms. The van der Waals surface area contributed by atoms with Gasteiger partial charge in [0.05, 0.1) is 6.61 Å². The van der Waals surface area contributed by atoms with Crippen molar-refractivity contribution in [1.29, 1.82) is 0 Å². The molecule has 0 N–H and O–H groups in total. The van der Waals surface area contributed by atoms with Gasteiger partial charge in [-0.1, -0.05) is 41.5 Å². The molecule has 0 atom stereocenters. The van der Waals surface area contributed by atoms with Gasteiger partial charge < -0.3 is 4.74 Å². The average Bonchev–Trinajstić information content (AvgIpc) is 2.78. The molecule has 0 spiro atoms. The Balaban J connectivity index is 2.46. The molecule has 2 aliphatic heterocycles. The molecule has 118 valence electrons. The van der Waals surface area contributed by atoms with Crippen molar-refractivity contribution in [3.05, 3.63) is 22.6 Å². The Morgan fingerprint density at radius 2 is 1.95 bits per heavy atom. The highest BCUT2D eigenvalue weighted by Crippen LogP contribution is 2.40. The molecule has 0 amide bonds. The molecule has 0 radical (unpaired) electrons. The summed E-state index contributed by atoms with van der Waals surface area (Å²) in [6, 6.07) is 0. The van der Waals surface area contributed by atoms with Gasteiger partial charge in [0.25, 0.3) is 0 Å². The van der Waals surface area contributed by atoms with Crippen molar-refractivity contribution in [3.8, 4) is 0 Å². The van der Waals surface area contributed by atoms with E-state index in [0.29, 0.717) is 11.3 Å². The van der Waals surface area contributed by atoms with Gasteiger partial charge in [0.2, 0.25) is 0 Å². The minimum absolute atomic E-state index is 0.292. The first-order valence-corrected chi connectivity index (χ1v) is 8.43. The summed E-state index contributed by atoms with van der Waals surface area (Å²) >= 11 is 0. The topological polar surface area (TPSA) is 21.6 Å². The van der Waals surface area contributed by atoms with Crippen LogP contribution in [0.5, 0.6) is 0 Å². The normalized spacial score (nSPS) is 19.7. The summed E-state index contributed by atoms with van der Waals surface area (Å²) in [6.07, 6.45) is 5.23. The molecule has 1 fully saturated rings. The maximum absolute atomic E-state index is 6.05. The van der Waals surface area contributed by atoms with Crippen molar-refractivity contribution in [1.82, 2.24) is 0 Å². The predicted octanol–water partition coefficient (Wildman–Crippen LogP) is 5.65. The van der Waals surface area contributed by atoms with Crippen LogP contribution in [0.4, 0.5) is 0 Å². The monoisotopic (exact) mass is 289 g/mol. The highest BCUT2D eigenvalue weighted by atomic mass is 16.5. The maximum atomic E-state index is 6.05. The molecule has 2 heteroatoms. The molecule has 21 heavy (non-hydrogen) atoms. The fourth-order valence-corrected chi connectivity index (χ4v) is 3.21. The van der Waals surface area contributed by atoms with Crippen LogP contribution in [-0.2, 0) is 4.74 Å². The molecule has 2 nitrogen and oxygen atoms in total. The van der Waals surface area contributed by atoms with Crippen molar-refractivity contribution < 1.29 is 4.74 Å². The first-order chi connectivity index (χ1) is 9.80. The Labute approximate surface area is 130 Å². The van der Waals surface area contributed by atoms with Crippen molar-refractivity contribution in [2.75, 3.05) is 6.61 Å². The Morgan fingerprint density at radius 1 is 1.24 bits per heavy atom. The van der Waals surface area contributed by atoms with E-state index in [1.165, 1.54) is 28.3 Å². The zero-order chi connectivity index (χ0) is 15.6. The van der Waals surface area contributed by atoms with Crippen LogP contribution in [0.2, 0.25) is 0 Å². The largest absolute Gasteiger partial charge is 0.493 e. The minimum Gasteiger partial charge on any atom is -0.493 e. The lowest BCUT2D eigenvalue weighted by atomic mass is 9.84. The number of hydrogen-bond acceptors (Lipinski definition) is 2. The van der Waals surface area contributed by atoms with Gasteiger partial charge in [0.1, 0.15) is 5.76 Å². The summed E-state index contributed by atoms with van der Waals surface area (Å²) in [5.74, 6) is 1.83. The number of ether oxygens (including phenoxy) is 1. The number of fused-ring (bicyclic) bond motifs is 1. The molecule has 0 aliphatic carbocycles. The molecule has 2 rings (SSSR count). The number of hydrogen-bond donors (Lipinski definition) is 0. The zero-order valence-corrected chi connectivity index (χ0v) is 14.7. The van der Waals surface area contributed by atoms with Crippen LogP contribution in [0, 0.1) is 11.3 Å². The summed E-state index contributed by atoms with van der Waals surface area (Å²) in [5.41, 5.74) is 5.77. The fourth-order valence-electron chi connectivity index (χ4n) is 3.21.